The molecule has 0 N–H and O–H groups in total. The molecule has 0 heterocycles. The van der Waals surface area contributed by atoms with Crippen LogP contribution in [0.2, 0.25) is 0 Å². The number of aryl methyl sites for hydroxylation is 3. The SMILES string of the molecule is Cc1cccc(OCC(=O)N(CCC#N)c2ccc(C)c(C)c2)c1. The summed E-state index contributed by atoms with van der Waals surface area (Å²) in [6, 6.07) is 15.5. The third-order valence-corrected chi connectivity index (χ3v) is 3.90. The monoisotopic (exact) mass is 322 g/mol. The summed E-state index contributed by atoms with van der Waals surface area (Å²) in [7, 11) is 0. The fourth-order valence-corrected chi connectivity index (χ4v) is 2.38. The molecule has 4 heteroatoms. The van der Waals surface area contributed by atoms with E-state index in [2.05, 4.69) is 6.07 Å². The first-order valence-corrected chi connectivity index (χ1v) is 7.95. The predicted molar refractivity (Wildman–Crippen MR) is 95.2 cm³/mol. The zero-order valence-electron chi connectivity index (χ0n) is 14.4. The first-order chi connectivity index (χ1) is 11.5. The Labute approximate surface area is 143 Å². The molecule has 0 aliphatic heterocycles. The molecule has 0 aromatic heterocycles. The topological polar surface area (TPSA) is 53.3 Å². The van der Waals surface area contributed by atoms with E-state index in [4.69, 9.17) is 10.00 Å². The molecular weight excluding hydrogens is 300 g/mol. The molecule has 24 heavy (non-hydrogen) atoms. The molecule has 0 saturated carbocycles. The number of carbonyl (C=O) groups excluding carboxylic acids is 1. The molecule has 2 aromatic carbocycles. The number of hydrogen-bond acceptors (Lipinski definition) is 3. The van der Waals surface area contributed by atoms with Gasteiger partial charge < -0.3 is 9.64 Å². The van der Waals surface area contributed by atoms with Crippen LogP contribution in [0, 0.1) is 32.1 Å². The van der Waals surface area contributed by atoms with Crippen molar-refractivity contribution < 1.29 is 9.53 Å². The largest absolute Gasteiger partial charge is 0.484 e. The van der Waals surface area contributed by atoms with Crippen molar-refractivity contribution in [2.75, 3.05) is 18.1 Å². The summed E-state index contributed by atoms with van der Waals surface area (Å²) >= 11 is 0. The van der Waals surface area contributed by atoms with Crippen LogP contribution in [0.15, 0.2) is 42.5 Å². The van der Waals surface area contributed by atoms with Crippen LogP contribution in [0.25, 0.3) is 0 Å². The number of ether oxygens (including phenoxy) is 1. The van der Waals surface area contributed by atoms with Gasteiger partial charge in [0.05, 0.1) is 12.5 Å². The molecule has 0 spiro atoms. The summed E-state index contributed by atoms with van der Waals surface area (Å²) in [5.74, 6) is 0.513. The molecule has 124 valence electrons. The van der Waals surface area contributed by atoms with Gasteiger partial charge in [0.1, 0.15) is 5.75 Å². The molecule has 0 bridgehead atoms. The Morgan fingerprint density at radius 2 is 1.92 bits per heavy atom. The number of rotatable bonds is 6. The summed E-state index contributed by atoms with van der Waals surface area (Å²) < 4.78 is 5.61. The van der Waals surface area contributed by atoms with Gasteiger partial charge in [-0.1, -0.05) is 18.2 Å². The Bertz CT molecular complexity index is 762. The fourth-order valence-electron chi connectivity index (χ4n) is 2.38. The van der Waals surface area contributed by atoms with Crippen molar-refractivity contribution in [3.05, 3.63) is 59.2 Å². The molecule has 1 amide bonds. The van der Waals surface area contributed by atoms with Crippen LogP contribution >= 0.6 is 0 Å². The Balaban J connectivity index is 2.12. The van der Waals surface area contributed by atoms with E-state index in [0.717, 1.165) is 16.8 Å². The Hall–Kier alpha value is -2.80. The maximum Gasteiger partial charge on any atom is 0.264 e. The van der Waals surface area contributed by atoms with Gasteiger partial charge in [0.25, 0.3) is 5.91 Å². The minimum Gasteiger partial charge on any atom is -0.484 e. The predicted octanol–water partition coefficient (Wildman–Crippen LogP) is 3.94. The molecule has 4 nitrogen and oxygen atoms in total. The lowest BCUT2D eigenvalue weighted by atomic mass is 10.1. The van der Waals surface area contributed by atoms with Crippen molar-refractivity contribution >= 4 is 11.6 Å². The highest BCUT2D eigenvalue weighted by Crippen LogP contribution is 2.20. The highest BCUT2D eigenvalue weighted by atomic mass is 16.5. The molecule has 0 unspecified atom stereocenters. The van der Waals surface area contributed by atoms with Gasteiger partial charge >= 0.3 is 0 Å². The van der Waals surface area contributed by atoms with Crippen LogP contribution in [0.1, 0.15) is 23.1 Å². The van der Waals surface area contributed by atoms with Crippen LogP contribution < -0.4 is 9.64 Å². The van der Waals surface area contributed by atoms with Crippen LogP contribution in [0.5, 0.6) is 5.75 Å². The lowest BCUT2D eigenvalue weighted by Gasteiger charge is -2.23. The van der Waals surface area contributed by atoms with E-state index in [1.807, 2.05) is 63.2 Å². The van der Waals surface area contributed by atoms with Gasteiger partial charge in [-0.2, -0.15) is 5.26 Å². The Morgan fingerprint density at radius 3 is 2.58 bits per heavy atom. The van der Waals surface area contributed by atoms with Crippen molar-refractivity contribution in [2.24, 2.45) is 0 Å². The Morgan fingerprint density at radius 1 is 1.12 bits per heavy atom. The highest BCUT2D eigenvalue weighted by Gasteiger charge is 2.16. The minimum atomic E-state index is -0.157. The van der Waals surface area contributed by atoms with E-state index in [9.17, 15) is 4.79 Å². The standard InChI is InChI=1S/C20H22N2O2/c1-15-6-4-7-19(12-15)24-14-20(23)22(11-5-10-21)18-9-8-16(2)17(3)13-18/h4,6-9,12-13H,5,11,14H2,1-3H3. The summed E-state index contributed by atoms with van der Waals surface area (Å²) in [5.41, 5.74) is 4.16. The second-order valence-electron chi connectivity index (χ2n) is 5.83. The maximum atomic E-state index is 12.6. The van der Waals surface area contributed by atoms with E-state index in [0.29, 0.717) is 12.3 Å². The first kappa shape index (κ1) is 17.6. The van der Waals surface area contributed by atoms with Gasteiger partial charge in [0.2, 0.25) is 0 Å². The molecule has 0 aliphatic rings. The first-order valence-electron chi connectivity index (χ1n) is 7.95. The third-order valence-electron chi connectivity index (χ3n) is 3.90. The van der Waals surface area contributed by atoms with Gasteiger partial charge in [-0.05, 0) is 61.7 Å². The second kappa shape index (κ2) is 8.16. The van der Waals surface area contributed by atoms with E-state index in [1.165, 1.54) is 5.56 Å². The normalized spacial score (nSPS) is 10.1. The average Bonchev–Trinajstić information content (AvgIpc) is 2.56. The fraction of sp³-hybridized carbons (Fsp3) is 0.300. The van der Waals surface area contributed by atoms with Crippen molar-refractivity contribution in [2.45, 2.75) is 27.2 Å². The molecule has 0 aliphatic carbocycles. The molecule has 0 saturated heterocycles. The lowest BCUT2D eigenvalue weighted by Crippen LogP contribution is -2.35. The van der Waals surface area contributed by atoms with Crippen LogP contribution in [0.4, 0.5) is 5.69 Å². The quantitative estimate of drug-likeness (QED) is 0.809. The molecule has 2 aromatic rings. The highest BCUT2D eigenvalue weighted by molar-refractivity contribution is 5.94. The second-order valence-corrected chi connectivity index (χ2v) is 5.83. The molecule has 0 radical (unpaired) electrons. The van der Waals surface area contributed by atoms with Gasteiger partial charge in [-0.15, -0.1) is 0 Å². The summed E-state index contributed by atoms with van der Waals surface area (Å²) in [5, 5.41) is 8.86. The number of anilines is 1. The van der Waals surface area contributed by atoms with E-state index in [1.54, 1.807) is 4.90 Å². The molecule has 2 rings (SSSR count). The summed E-state index contributed by atoms with van der Waals surface area (Å²) in [6.45, 7) is 6.32. The molecule has 0 atom stereocenters. The van der Waals surface area contributed by atoms with E-state index in [-0.39, 0.29) is 18.9 Å². The van der Waals surface area contributed by atoms with Crippen LogP contribution in [0.3, 0.4) is 0 Å². The number of benzene rings is 2. The van der Waals surface area contributed by atoms with Gasteiger partial charge in [0, 0.05) is 12.2 Å². The minimum absolute atomic E-state index is 0.0538. The van der Waals surface area contributed by atoms with Gasteiger partial charge in [0.15, 0.2) is 6.61 Å². The van der Waals surface area contributed by atoms with Crippen LogP contribution in [-0.4, -0.2) is 19.1 Å². The number of amides is 1. The van der Waals surface area contributed by atoms with E-state index >= 15 is 0 Å². The van der Waals surface area contributed by atoms with Gasteiger partial charge in [-0.3, -0.25) is 4.79 Å². The van der Waals surface area contributed by atoms with Crippen molar-refractivity contribution in [3.63, 3.8) is 0 Å². The van der Waals surface area contributed by atoms with Gasteiger partial charge in [-0.25, -0.2) is 0 Å². The zero-order valence-corrected chi connectivity index (χ0v) is 14.4. The number of nitrogens with zero attached hydrogens (tertiary/aromatic N) is 2. The summed E-state index contributed by atoms with van der Waals surface area (Å²) in [6.07, 6.45) is 0.281. The lowest BCUT2D eigenvalue weighted by molar-refractivity contribution is -0.120. The van der Waals surface area contributed by atoms with E-state index < -0.39 is 0 Å². The molecular formula is C20H22N2O2. The summed E-state index contributed by atoms with van der Waals surface area (Å²) in [4.78, 5) is 14.2. The zero-order chi connectivity index (χ0) is 17.5. The average molecular weight is 322 g/mol. The van der Waals surface area contributed by atoms with Crippen molar-refractivity contribution in [3.8, 4) is 11.8 Å². The number of nitriles is 1. The Kier molecular flexibility index (Phi) is 5.97. The number of hydrogen-bond donors (Lipinski definition) is 0. The maximum absolute atomic E-state index is 12.6. The van der Waals surface area contributed by atoms with Crippen molar-refractivity contribution in [1.82, 2.24) is 0 Å². The third kappa shape index (κ3) is 4.60. The van der Waals surface area contributed by atoms with Crippen LogP contribution in [-0.2, 0) is 4.79 Å². The smallest absolute Gasteiger partial charge is 0.264 e. The molecule has 0 fully saturated rings. The number of carbonyl (C=O) groups is 1. The van der Waals surface area contributed by atoms with Crippen molar-refractivity contribution in [1.29, 1.82) is 5.26 Å².